The molecule has 1 aliphatic rings. The van der Waals surface area contributed by atoms with Crippen molar-refractivity contribution in [2.75, 3.05) is 0 Å². The molecule has 1 rings (SSSR count). The molecule has 1 heteroatoms. The van der Waals surface area contributed by atoms with Gasteiger partial charge in [0.25, 0.3) is 0 Å². The Kier molecular flexibility index (Phi) is 2.12. The van der Waals surface area contributed by atoms with E-state index in [9.17, 15) is 0 Å². The summed E-state index contributed by atoms with van der Waals surface area (Å²) in [5, 5.41) is 0. The molecule has 2 N–H and O–H groups in total. The Labute approximate surface area is 57.6 Å². The number of nitrogens with two attached hydrogens (primary N) is 1. The van der Waals surface area contributed by atoms with Crippen LogP contribution in [0.25, 0.3) is 0 Å². The van der Waals surface area contributed by atoms with Gasteiger partial charge in [0.05, 0.1) is 0 Å². The van der Waals surface area contributed by atoms with Crippen molar-refractivity contribution in [3.8, 4) is 0 Å². The van der Waals surface area contributed by atoms with Crippen LogP contribution in [0.5, 0.6) is 0 Å². The summed E-state index contributed by atoms with van der Waals surface area (Å²) in [7, 11) is 0. The van der Waals surface area contributed by atoms with E-state index in [2.05, 4.69) is 13.8 Å². The van der Waals surface area contributed by atoms with E-state index in [4.69, 9.17) is 5.73 Å². The van der Waals surface area contributed by atoms with Crippen LogP contribution in [-0.4, -0.2) is 6.04 Å². The maximum atomic E-state index is 5.84. The van der Waals surface area contributed by atoms with Crippen molar-refractivity contribution in [3.63, 3.8) is 0 Å². The highest BCUT2D eigenvalue weighted by atomic mass is 14.7. The van der Waals surface area contributed by atoms with Gasteiger partial charge >= 0.3 is 0 Å². The van der Waals surface area contributed by atoms with Crippen LogP contribution in [-0.2, 0) is 0 Å². The van der Waals surface area contributed by atoms with Gasteiger partial charge in [0, 0.05) is 6.04 Å². The molecule has 0 amide bonds. The quantitative estimate of drug-likeness (QED) is 0.527. The first kappa shape index (κ1) is 7.07. The van der Waals surface area contributed by atoms with E-state index in [1.54, 1.807) is 0 Å². The molecule has 54 valence electrons. The van der Waals surface area contributed by atoms with Crippen LogP contribution in [0.4, 0.5) is 0 Å². The lowest BCUT2D eigenvalue weighted by Gasteiger charge is -2.29. The number of hydrogen-bond acceptors (Lipinski definition) is 1. The molecule has 0 aromatic heterocycles. The molecule has 0 spiro atoms. The van der Waals surface area contributed by atoms with E-state index in [1.807, 2.05) is 0 Å². The summed E-state index contributed by atoms with van der Waals surface area (Å²) in [6.07, 6.45) is 3.91. The molecule has 0 unspecified atom stereocenters. The van der Waals surface area contributed by atoms with E-state index in [1.165, 1.54) is 19.3 Å². The van der Waals surface area contributed by atoms with Crippen LogP contribution in [0.1, 0.15) is 33.1 Å². The van der Waals surface area contributed by atoms with Crippen molar-refractivity contribution in [1.29, 1.82) is 0 Å². The SMILES string of the molecule is C[C@@H]1CC[C@H](N)[C@H](C)C1. The van der Waals surface area contributed by atoms with Gasteiger partial charge in [-0.3, -0.25) is 0 Å². The lowest BCUT2D eigenvalue weighted by atomic mass is 9.80. The second-order valence-corrected chi connectivity index (χ2v) is 3.56. The fourth-order valence-electron chi connectivity index (χ4n) is 1.69. The molecule has 0 aromatic carbocycles. The Morgan fingerprint density at radius 2 is 1.89 bits per heavy atom. The lowest BCUT2D eigenvalue weighted by Crippen LogP contribution is -2.33. The van der Waals surface area contributed by atoms with E-state index in [0.717, 1.165) is 11.8 Å². The van der Waals surface area contributed by atoms with Gasteiger partial charge in [-0.2, -0.15) is 0 Å². The first-order chi connectivity index (χ1) is 4.20. The molecule has 0 radical (unpaired) electrons. The van der Waals surface area contributed by atoms with Gasteiger partial charge in [-0.15, -0.1) is 0 Å². The zero-order valence-corrected chi connectivity index (χ0v) is 6.43. The van der Waals surface area contributed by atoms with E-state index in [-0.39, 0.29) is 0 Å². The van der Waals surface area contributed by atoms with Gasteiger partial charge in [-0.25, -0.2) is 0 Å². The molecule has 9 heavy (non-hydrogen) atoms. The largest absolute Gasteiger partial charge is 0.327 e. The zero-order chi connectivity index (χ0) is 6.85. The van der Waals surface area contributed by atoms with E-state index < -0.39 is 0 Å². The van der Waals surface area contributed by atoms with Crippen LogP contribution >= 0.6 is 0 Å². The third-order valence-electron chi connectivity index (χ3n) is 2.50. The van der Waals surface area contributed by atoms with Crippen molar-refractivity contribution in [3.05, 3.63) is 0 Å². The zero-order valence-electron chi connectivity index (χ0n) is 6.43. The Morgan fingerprint density at radius 1 is 1.22 bits per heavy atom. The summed E-state index contributed by atoms with van der Waals surface area (Å²) in [6.45, 7) is 4.59. The molecular weight excluding hydrogens is 110 g/mol. The van der Waals surface area contributed by atoms with Gasteiger partial charge in [0.2, 0.25) is 0 Å². The Morgan fingerprint density at radius 3 is 2.33 bits per heavy atom. The maximum absolute atomic E-state index is 5.84. The third kappa shape index (κ3) is 1.68. The molecular formula is C8H17N. The van der Waals surface area contributed by atoms with Gasteiger partial charge in [-0.05, 0) is 31.1 Å². The number of rotatable bonds is 0. The van der Waals surface area contributed by atoms with Gasteiger partial charge in [0.1, 0.15) is 0 Å². The van der Waals surface area contributed by atoms with Crippen LogP contribution in [0, 0.1) is 11.8 Å². The fraction of sp³-hybridized carbons (Fsp3) is 1.00. The summed E-state index contributed by atoms with van der Waals surface area (Å²) < 4.78 is 0. The predicted molar refractivity (Wildman–Crippen MR) is 40.2 cm³/mol. The molecule has 0 saturated heterocycles. The molecule has 1 fully saturated rings. The number of hydrogen-bond donors (Lipinski definition) is 1. The summed E-state index contributed by atoms with van der Waals surface area (Å²) in [6, 6.07) is 0.487. The fourth-order valence-corrected chi connectivity index (χ4v) is 1.69. The maximum Gasteiger partial charge on any atom is 0.00647 e. The van der Waals surface area contributed by atoms with Crippen molar-refractivity contribution in [2.45, 2.75) is 39.2 Å². The highest BCUT2D eigenvalue weighted by molar-refractivity contribution is 4.77. The lowest BCUT2D eigenvalue weighted by molar-refractivity contribution is 0.263. The Bertz CT molecular complexity index is 90.6. The van der Waals surface area contributed by atoms with Gasteiger partial charge in [-0.1, -0.05) is 13.8 Å². The van der Waals surface area contributed by atoms with Crippen LogP contribution < -0.4 is 5.73 Å². The Hall–Kier alpha value is -0.0400. The second-order valence-electron chi connectivity index (χ2n) is 3.56. The van der Waals surface area contributed by atoms with E-state index >= 15 is 0 Å². The highest BCUT2D eigenvalue weighted by Crippen LogP contribution is 2.26. The van der Waals surface area contributed by atoms with E-state index in [0.29, 0.717) is 6.04 Å². The van der Waals surface area contributed by atoms with Crippen molar-refractivity contribution >= 4 is 0 Å². The minimum absolute atomic E-state index is 0.487. The van der Waals surface area contributed by atoms with Crippen molar-refractivity contribution in [2.24, 2.45) is 17.6 Å². The molecule has 1 nitrogen and oxygen atoms in total. The van der Waals surface area contributed by atoms with Crippen LogP contribution in [0.2, 0.25) is 0 Å². The summed E-state index contributed by atoms with van der Waals surface area (Å²) in [5.74, 6) is 1.67. The van der Waals surface area contributed by atoms with Crippen LogP contribution in [0.15, 0.2) is 0 Å². The molecule has 1 saturated carbocycles. The normalized spacial score (nSPS) is 45.0. The molecule has 0 bridgehead atoms. The minimum atomic E-state index is 0.487. The first-order valence-electron chi connectivity index (χ1n) is 3.95. The average Bonchev–Trinajstić information content (AvgIpc) is 1.80. The summed E-state index contributed by atoms with van der Waals surface area (Å²) in [5.41, 5.74) is 5.84. The smallest absolute Gasteiger partial charge is 0.00647 e. The minimum Gasteiger partial charge on any atom is -0.327 e. The molecule has 0 aromatic rings. The highest BCUT2D eigenvalue weighted by Gasteiger charge is 2.21. The standard InChI is InChI=1S/C8H17N/c1-6-3-4-8(9)7(2)5-6/h6-8H,3-5,9H2,1-2H3/t6-,7-,8+/m1/s1. The van der Waals surface area contributed by atoms with Crippen LogP contribution in [0.3, 0.4) is 0 Å². The third-order valence-corrected chi connectivity index (χ3v) is 2.50. The van der Waals surface area contributed by atoms with Crippen molar-refractivity contribution < 1.29 is 0 Å². The summed E-state index contributed by atoms with van der Waals surface area (Å²) >= 11 is 0. The van der Waals surface area contributed by atoms with Gasteiger partial charge < -0.3 is 5.73 Å². The average molecular weight is 127 g/mol. The monoisotopic (exact) mass is 127 g/mol. The molecule has 0 heterocycles. The molecule has 3 atom stereocenters. The molecule has 1 aliphatic carbocycles. The topological polar surface area (TPSA) is 26.0 Å². The summed E-state index contributed by atoms with van der Waals surface area (Å²) in [4.78, 5) is 0. The first-order valence-corrected chi connectivity index (χ1v) is 3.95. The Balaban J connectivity index is 2.35. The second kappa shape index (κ2) is 2.70. The predicted octanol–water partition coefficient (Wildman–Crippen LogP) is 1.77. The molecule has 0 aliphatic heterocycles. The van der Waals surface area contributed by atoms with Gasteiger partial charge in [0.15, 0.2) is 0 Å². The van der Waals surface area contributed by atoms with Crippen molar-refractivity contribution in [1.82, 2.24) is 0 Å².